The molecule has 2 heterocycles. The standard InChI is InChI=1S/C17H28N4O/c1-3-15-12(2)9-18-17(19-15)20-16-11-21(7-4-8-22)10-14(16)13-5-6-13/h9,13-14,16,22H,3-8,10-11H2,1-2H3,(H,18,19,20)/t14-,16+/m1/s1. The second-order valence-corrected chi connectivity index (χ2v) is 6.77. The van der Waals surface area contributed by atoms with Gasteiger partial charge in [-0.15, -0.1) is 0 Å². The molecule has 2 atom stereocenters. The third kappa shape index (κ3) is 3.58. The van der Waals surface area contributed by atoms with Crippen LogP contribution in [0.2, 0.25) is 0 Å². The van der Waals surface area contributed by atoms with Gasteiger partial charge in [-0.05, 0) is 50.0 Å². The Hall–Kier alpha value is -1.20. The zero-order valence-electron chi connectivity index (χ0n) is 13.8. The van der Waals surface area contributed by atoms with Gasteiger partial charge in [0, 0.05) is 44.2 Å². The van der Waals surface area contributed by atoms with Crippen LogP contribution >= 0.6 is 0 Å². The van der Waals surface area contributed by atoms with Gasteiger partial charge in [0.15, 0.2) is 0 Å². The summed E-state index contributed by atoms with van der Waals surface area (Å²) in [5.74, 6) is 2.35. The van der Waals surface area contributed by atoms with Crippen molar-refractivity contribution in [2.45, 2.75) is 45.6 Å². The number of aromatic nitrogens is 2. The van der Waals surface area contributed by atoms with Crippen LogP contribution in [0.5, 0.6) is 0 Å². The van der Waals surface area contributed by atoms with Crippen LogP contribution in [-0.2, 0) is 6.42 Å². The van der Waals surface area contributed by atoms with Crippen LogP contribution in [0.4, 0.5) is 5.95 Å². The molecular weight excluding hydrogens is 276 g/mol. The van der Waals surface area contributed by atoms with Gasteiger partial charge in [-0.1, -0.05) is 6.92 Å². The Morgan fingerprint density at radius 2 is 2.18 bits per heavy atom. The van der Waals surface area contributed by atoms with Crippen molar-refractivity contribution in [3.05, 3.63) is 17.5 Å². The zero-order chi connectivity index (χ0) is 15.5. The van der Waals surface area contributed by atoms with Crippen LogP contribution in [0.25, 0.3) is 0 Å². The number of nitrogens with one attached hydrogen (secondary N) is 1. The van der Waals surface area contributed by atoms with E-state index in [0.717, 1.165) is 50.0 Å². The molecule has 1 aromatic rings. The van der Waals surface area contributed by atoms with E-state index in [2.05, 4.69) is 34.0 Å². The molecule has 22 heavy (non-hydrogen) atoms. The number of hydrogen-bond donors (Lipinski definition) is 2. The highest BCUT2D eigenvalue weighted by Crippen LogP contribution is 2.42. The quantitative estimate of drug-likeness (QED) is 0.805. The van der Waals surface area contributed by atoms with Crippen LogP contribution in [0, 0.1) is 18.8 Å². The normalized spacial score (nSPS) is 25.6. The highest BCUT2D eigenvalue weighted by atomic mass is 16.3. The maximum absolute atomic E-state index is 9.04. The number of rotatable bonds is 7. The highest BCUT2D eigenvalue weighted by Gasteiger charge is 2.42. The van der Waals surface area contributed by atoms with Gasteiger partial charge in [0.1, 0.15) is 0 Å². The lowest BCUT2D eigenvalue weighted by Gasteiger charge is -2.20. The highest BCUT2D eigenvalue weighted by molar-refractivity contribution is 5.31. The largest absolute Gasteiger partial charge is 0.396 e. The predicted octanol–water partition coefficient (Wildman–Crippen LogP) is 1.85. The second-order valence-electron chi connectivity index (χ2n) is 6.77. The second kappa shape index (κ2) is 6.92. The Bertz CT molecular complexity index is 503. The van der Waals surface area contributed by atoms with Gasteiger partial charge >= 0.3 is 0 Å². The van der Waals surface area contributed by atoms with Crippen molar-refractivity contribution >= 4 is 5.95 Å². The van der Waals surface area contributed by atoms with Gasteiger partial charge in [0.25, 0.3) is 0 Å². The summed E-state index contributed by atoms with van der Waals surface area (Å²) in [7, 11) is 0. The summed E-state index contributed by atoms with van der Waals surface area (Å²) in [6, 6.07) is 0.443. The van der Waals surface area contributed by atoms with E-state index >= 15 is 0 Å². The Labute approximate surface area is 133 Å². The molecular formula is C17H28N4O. The lowest BCUT2D eigenvalue weighted by molar-refractivity contribution is 0.242. The van der Waals surface area contributed by atoms with Crippen LogP contribution < -0.4 is 5.32 Å². The summed E-state index contributed by atoms with van der Waals surface area (Å²) in [6.45, 7) is 7.67. The number of nitrogens with zero attached hydrogens (tertiary/aromatic N) is 3. The first-order valence-corrected chi connectivity index (χ1v) is 8.63. The molecule has 1 aromatic heterocycles. The lowest BCUT2D eigenvalue weighted by Crippen LogP contribution is -2.31. The molecule has 0 bridgehead atoms. The fraction of sp³-hybridized carbons (Fsp3) is 0.765. The van der Waals surface area contributed by atoms with E-state index in [9.17, 15) is 0 Å². The Morgan fingerprint density at radius 1 is 1.36 bits per heavy atom. The molecule has 1 aliphatic carbocycles. The number of aliphatic hydroxyl groups excluding tert-OH is 1. The molecule has 2 aliphatic rings. The summed E-state index contributed by atoms with van der Waals surface area (Å²) >= 11 is 0. The van der Waals surface area contributed by atoms with Crippen molar-refractivity contribution in [1.29, 1.82) is 0 Å². The minimum absolute atomic E-state index is 0.281. The monoisotopic (exact) mass is 304 g/mol. The first-order valence-electron chi connectivity index (χ1n) is 8.63. The van der Waals surface area contributed by atoms with Crippen molar-refractivity contribution in [2.75, 3.05) is 31.6 Å². The van der Waals surface area contributed by atoms with Gasteiger partial charge in [0.2, 0.25) is 5.95 Å². The number of aryl methyl sites for hydroxylation is 2. The fourth-order valence-electron chi connectivity index (χ4n) is 3.62. The average molecular weight is 304 g/mol. The van der Waals surface area contributed by atoms with Crippen molar-refractivity contribution < 1.29 is 5.11 Å². The molecule has 122 valence electrons. The van der Waals surface area contributed by atoms with E-state index in [1.807, 2.05) is 6.20 Å². The number of hydrogen-bond acceptors (Lipinski definition) is 5. The van der Waals surface area contributed by atoms with Crippen molar-refractivity contribution in [3.63, 3.8) is 0 Å². The summed E-state index contributed by atoms with van der Waals surface area (Å²) in [6.07, 6.45) is 6.48. The molecule has 3 rings (SSSR count). The van der Waals surface area contributed by atoms with Gasteiger partial charge in [-0.3, -0.25) is 0 Å². The molecule has 2 fully saturated rings. The molecule has 2 N–H and O–H groups in total. The third-order valence-corrected chi connectivity index (χ3v) is 5.03. The first-order chi connectivity index (χ1) is 10.7. The smallest absolute Gasteiger partial charge is 0.223 e. The van der Waals surface area contributed by atoms with E-state index in [1.165, 1.54) is 18.4 Å². The predicted molar refractivity (Wildman–Crippen MR) is 87.9 cm³/mol. The van der Waals surface area contributed by atoms with Crippen LogP contribution in [0.1, 0.15) is 37.4 Å². The molecule has 1 saturated carbocycles. The Morgan fingerprint density at radius 3 is 2.86 bits per heavy atom. The molecule has 5 nitrogen and oxygen atoms in total. The molecule has 1 aliphatic heterocycles. The molecule has 0 unspecified atom stereocenters. The minimum Gasteiger partial charge on any atom is -0.396 e. The molecule has 0 aromatic carbocycles. The van der Waals surface area contributed by atoms with Gasteiger partial charge in [-0.2, -0.15) is 0 Å². The molecule has 0 amide bonds. The van der Waals surface area contributed by atoms with Crippen molar-refractivity contribution in [3.8, 4) is 0 Å². The maximum atomic E-state index is 9.04. The number of likely N-dealkylation sites (tertiary alicyclic amines) is 1. The average Bonchev–Trinajstić information content (AvgIpc) is 3.29. The molecule has 0 spiro atoms. The van der Waals surface area contributed by atoms with Gasteiger partial charge in [0.05, 0.1) is 0 Å². The van der Waals surface area contributed by atoms with Crippen LogP contribution in [0.15, 0.2) is 6.20 Å². The maximum Gasteiger partial charge on any atom is 0.223 e. The SMILES string of the molecule is CCc1nc(N[C@H]2CN(CCCO)C[C@@H]2C2CC2)ncc1C. The van der Waals surface area contributed by atoms with E-state index in [1.54, 1.807) is 0 Å². The molecule has 1 saturated heterocycles. The summed E-state index contributed by atoms with van der Waals surface area (Å²) in [5.41, 5.74) is 2.30. The Balaban J connectivity index is 1.66. The fourth-order valence-corrected chi connectivity index (χ4v) is 3.62. The van der Waals surface area contributed by atoms with Gasteiger partial charge < -0.3 is 15.3 Å². The Kier molecular flexibility index (Phi) is 4.93. The molecule has 0 radical (unpaired) electrons. The zero-order valence-corrected chi connectivity index (χ0v) is 13.8. The lowest BCUT2D eigenvalue weighted by atomic mass is 9.98. The third-order valence-electron chi connectivity index (χ3n) is 5.03. The summed E-state index contributed by atoms with van der Waals surface area (Å²) < 4.78 is 0. The molecule has 5 heteroatoms. The van der Waals surface area contributed by atoms with Crippen LogP contribution in [0.3, 0.4) is 0 Å². The van der Waals surface area contributed by atoms with E-state index < -0.39 is 0 Å². The van der Waals surface area contributed by atoms with E-state index in [0.29, 0.717) is 12.0 Å². The van der Waals surface area contributed by atoms with E-state index in [-0.39, 0.29) is 6.61 Å². The van der Waals surface area contributed by atoms with Crippen molar-refractivity contribution in [1.82, 2.24) is 14.9 Å². The van der Waals surface area contributed by atoms with E-state index in [4.69, 9.17) is 5.11 Å². The van der Waals surface area contributed by atoms with Crippen LogP contribution in [-0.4, -0.2) is 52.3 Å². The summed E-state index contributed by atoms with van der Waals surface area (Å²) in [4.78, 5) is 11.6. The number of anilines is 1. The number of aliphatic hydroxyl groups is 1. The topological polar surface area (TPSA) is 61.3 Å². The summed E-state index contributed by atoms with van der Waals surface area (Å²) in [5, 5.41) is 12.6. The van der Waals surface area contributed by atoms with Crippen molar-refractivity contribution in [2.24, 2.45) is 11.8 Å². The minimum atomic E-state index is 0.281. The first kappa shape index (κ1) is 15.7. The van der Waals surface area contributed by atoms with Gasteiger partial charge in [-0.25, -0.2) is 9.97 Å².